The van der Waals surface area contributed by atoms with Crippen LogP contribution in [0, 0.1) is 0 Å². The number of phenolic OH excluding ortho intramolecular Hbond substituents is 1. The zero-order valence-corrected chi connectivity index (χ0v) is 12.6. The molecule has 0 saturated carbocycles. The summed E-state index contributed by atoms with van der Waals surface area (Å²) in [6.45, 7) is 6.20. The van der Waals surface area contributed by atoms with Gasteiger partial charge in [-0.1, -0.05) is 19.1 Å². The summed E-state index contributed by atoms with van der Waals surface area (Å²) in [7, 11) is 1.59. The summed E-state index contributed by atoms with van der Waals surface area (Å²) in [5.74, 6) is 0.827. The Morgan fingerprint density at radius 2 is 2.30 bits per heavy atom. The first-order valence-corrected chi connectivity index (χ1v) is 7.55. The molecular weight excluding hydrogens is 252 g/mol. The predicted molar refractivity (Wildman–Crippen MR) is 81.3 cm³/mol. The summed E-state index contributed by atoms with van der Waals surface area (Å²) in [4.78, 5) is 2.41. The average molecular weight is 278 g/mol. The highest BCUT2D eigenvalue weighted by Crippen LogP contribution is 2.30. The monoisotopic (exact) mass is 278 g/mol. The molecule has 1 saturated heterocycles. The van der Waals surface area contributed by atoms with Gasteiger partial charge >= 0.3 is 0 Å². The molecule has 20 heavy (non-hydrogen) atoms. The summed E-state index contributed by atoms with van der Waals surface area (Å²) in [5, 5.41) is 13.7. The van der Waals surface area contributed by atoms with Crippen LogP contribution in [0.5, 0.6) is 11.5 Å². The lowest BCUT2D eigenvalue weighted by Gasteiger charge is -2.25. The van der Waals surface area contributed by atoms with Crippen molar-refractivity contribution in [2.45, 2.75) is 38.8 Å². The molecule has 112 valence electrons. The van der Waals surface area contributed by atoms with Crippen molar-refractivity contribution in [3.63, 3.8) is 0 Å². The number of nitrogens with one attached hydrogen (secondary N) is 1. The van der Waals surface area contributed by atoms with Crippen LogP contribution >= 0.6 is 0 Å². The van der Waals surface area contributed by atoms with Crippen molar-refractivity contribution in [2.24, 2.45) is 0 Å². The minimum atomic E-state index is 0.274. The molecule has 4 heteroatoms. The van der Waals surface area contributed by atoms with E-state index in [4.69, 9.17) is 4.74 Å². The number of para-hydroxylation sites is 1. The fourth-order valence-electron chi connectivity index (χ4n) is 2.88. The van der Waals surface area contributed by atoms with E-state index in [1.807, 2.05) is 12.1 Å². The van der Waals surface area contributed by atoms with E-state index >= 15 is 0 Å². The van der Waals surface area contributed by atoms with E-state index in [1.165, 1.54) is 12.8 Å². The summed E-state index contributed by atoms with van der Waals surface area (Å²) in [5.41, 5.74) is 0.941. The summed E-state index contributed by atoms with van der Waals surface area (Å²) in [6.07, 6.45) is 3.65. The molecule has 0 bridgehead atoms. The van der Waals surface area contributed by atoms with Gasteiger partial charge in [0, 0.05) is 24.7 Å². The normalized spacial score (nSPS) is 18.6. The molecule has 0 aromatic heterocycles. The van der Waals surface area contributed by atoms with Crippen molar-refractivity contribution < 1.29 is 9.84 Å². The number of nitrogens with zero attached hydrogens (tertiary/aromatic N) is 1. The van der Waals surface area contributed by atoms with Crippen LogP contribution in [0.15, 0.2) is 18.2 Å². The Balaban J connectivity index is 2.03. The Hall–Kier alpha value is -1.26. The number of benzene rings is 1. The molecule has 0 aliphatic carbocycles. The van der Waals surface area contributed by atoms with Gasteiger partial charge in [0.25, 0.3) is 0 Å². The van der Waals surface area contributed by atoms with E-state index < -0.39 is 0 Å². The third-order valence-electron chi connectivity index (χ3n) is 3.88. The largest absolute Gasteiger partial charge is 0.504 e. The minimum absolute atomic E-state index is 0.274. The molecule has 4 nitrogen and oxygen atoms in total. The van der Waals surface area contributed by atoms with E-state index in [0.717, 1.165) is 38.2 Å². The highest BCUT2D eigenvalue weighted by Gasteiger charge is 2.19. The standard InChI is InChI=1S/C16H26N2O2/c1-3-10-18(12-14-7-5-9-17-14)11-13-6-4-8-15(20-2)16(13)19/h4,6,8,14,17,19H,3,5,7,9-12H2,1-2H3. The molecule has 2 rings (SSSR count). The molecule has 1 aliphatic rings. The summed E-state index contributed by atoms with van der Waals surface area (Å²) < 4.78 is 5.18. The van der Waals surface area contributed by atoms with Crippen LogP contribution in [0.4, 0.5) is 0 Å². The predicted octanol–water partition coefficient (Wildman–Crippen LogP) is 2.36. The van der Waals surface area contributed by atoms with Crippen molar-refractivity contribution in [1.29, 1.82) is 0 Å². The number of hydrogen-bond donors (Lipinski definition) is 2. The van der Waals surface area contributed by atoms with Crippen molar-refractivity contribution >= 4 is 0 Å². The van der Waals surface area contributed by atoms with Gasteiger partial charge in [0.1, 0.15) is 0 Å². The van der Waals surface area contributed by atoms with Crippen LogP contribution in [-0.2, 0) is 6.54 Å². The molecular formula is C16H26N2O2. The topological polar surface area (TPSA) is 44.7 Å². The minimum Gasteiger partial charge on any atom is -0.504 e. The molecule has 0 spiro atoms. The van der Waals surface area contributed by atoms with Crippen molar-refractivity contribution in [3.05, 3.63) is 23.8 Å². The number of methoxy groups -OCH3 is 1. The lowest BCUT2D eigenvalue weighted by Crippen LogP contribution is -2.37. The number of phenols is 1. The number of ether oxygens (including phenoxy) is 1. The average Bonchev–Trinajstić information content (AvgIpc) is 2.94. The molecule has 1 atom stereocenters. The number of aromatic hydroxyl groups is 1. The third kappa shape index (κ3) is 3.87. The Kier molecular flexibility index (Phi) is 5.68. The number of hydrogen-bond acceptors (Lipinski definition) is 4. The molecule has 1 fully saturated rings. The van der Waals surface area contributed by atoms with E-state index in [9.17, 15) is 5.11 Å². The molecule has 2 N–H and O–H groups in total. The summed E-state index contributed by atoms with van der Waals surface area (Å²) >= 11 is 0. The molecule has 1 unspecified atom stereocenters. The lowest BCUT2D eigenvalue weighted by molar-refractivity contribution is 0.237. The zero-order valence-electron chi connectivity index (χ0n) is 12.6. The maximum Gasteiger partial charge on any atom is 0.162 e. The summed E-state index contributed by atoms with van der Waals surface area (Å²) in [6, 6.07) is 6.30. The second-order valence-electron chi connectivity index (χ2n) is 5.50. The van der Waals surface area contributed by atoms with Crippen LogP contribution in [-0.4, -0.2) is 42.8 Å². The van der Waals surface area contributed by atoms with E-state index in [-0.39, 0.29) is 5.75 Å². The fraction of sp³-hybridized carbons (Fsp3) is 0.625. The van der Waals surface area contributed by atoms with Crippen LogP contribution in [0.2, 0.25) is 0 Å². The lowest BCUT2D eigenvalue weighted by atomic mass is 10.1. The van der Waals surface area contributed by atoms with Crippen LogP contribution < -0.4 is 10.1 Å². The van der Waals surface area contributed by atoms with Gasteiger partial charge in [-0.25, -0.2) is 0 Å². The van der Waals surface area contributed by atoms with E-state index in [0.29, 0.717) is 11.8 Å². The highest BCUT2D eigenvalue weighted by atomic mass is 16.5. The third-order valence-corrected chi connectivity index (χ3v) is 3.88. The van der Waals surface area contributed by atoms with E-state index in [2.05, 4.69) is 17.1 Å². The smallest absolute Gasteiger partial charge is 0.162 e. The number of rotatable bonds is 7. The van der Waals surface area contributed by atoms with Crippen molar-refractivity contribution in [1.82, 2.24) is 10.2 Å². The fourth-order valence-corrected chi connectivity index (χ4v) is 2.88. The van der Waals surface area contributed by atoms with Gasteiger partial charge in [0.2, 0.25) is 0 Å². The molecule has 1 heterocycles. The molecule has 0 amide bonds. The molecule has 1 aliphatic heterocycles. The van der Waals surface area contributed by atoms with Crippen molar-refractivity contribution in [2.75, 3.05) is 26.7 Å². The SMILES string of the molecule is CCCN(Cc1cccc(OC)c1O)CC1CCCN1. The Morgan fingerprint density at radius 1 is 1.45 bits per heavy atom. The van der Waals surface area contributed by atoms with Gasteiger partial charge in [-0.05, 0) is 38.4 Å². The Bertz CT molecular complexity index is 417. The molecule has 1 aromatic carbocycles. The Labute approximate surface area is 121 Å². The van der Waals surface area contributed by atoms with Gasteiger partial charge in [0.15, 0.2) is 11.5 Å². The maximum atomic E-state index is 10.2. The van der Waals surface area contributed by atoms with Gasteiger partial charge < -0.3 is 15.2 Å². The first kappa shape index (κ1) is 15.1. The van der Waals surface area contributed by atoms with Gasteiger partial charge in [-0.2, -0.15) is 0 Å². The van der Waals surface area contributed by atoms with E-state index in [1.54, 1.807) is 13.2 Å². The maximum absolute atomic E-state index is 10.2. The highest BCUT2D eigenvalue weighted by molar-refractivity contribution is 5.45. The zero-order chi connectivity index (χ0) is 14.4. The first-order valence-electron chi connectivity index (χ1n) is 7.55. The molecule has 0 radical (unpaired) electrons. The quantitative estimate of drug-likeness (QED) is 0.804. The first-order chi connectivity index (χ1) is 9.74. The second kappa shape index (κ2) is 7.50. The second-order valence-corrected chi connectivity index (χ2v) is 5.50. The van der Waals surface area contributed by atoms with Gasteiger partial charge in [-0.15, -0.1) is 0 Å². The van der Waals surface area contributed by atoms with Gasteiger partial charge in [-0.3, -0.25) is 4.90 Å². The van der Waals surface area contributed by atoms with Crippen LogP contribution in [0.3, 0.4) is 0 Å². The van der Waals surface area contributed by atoms with Gasteiger partial charge in [0.05, 0.1) is 7.11 Å². The molecule has 1 aromatic rings. The van der Waals surface area contributed by atoms with Crippen LogP contribution in [0.1, 0.15) is 31.7 Å². The van der Waals surface area contributed by atoms with Crippen molar-refractivity contribution in [3.8, 4) is 11.5 Å². The Morgan fingerprint density at radius 3 is 2.95 bits per heavy atom. The van der Waals surface area contributed by atoms with Crippen LogP contribution in [0.25, 0.3) is 0 Å².